The molecule has 0 atom stereocenters. The normalized spacial score (nSPS) is 14.3. The molecule has 0 saturated carbocycles. The SMILES string of the molecule is O=C(CCc1ccccc1O)NCc1cccnc1N1CCOCC1. The standard InChI is InChI=1S/C19H23N3O3/c23-17-6-2-1-4-15(17)7-8-18(24)21-14-16-5-3-9-20-19(16)22-10-12-25-13-11-22/h1-6,9,23H,7-8,10-14H2,(H,21,24). The third-order valence-corrected chi connectivity index (χ3v) is 4.27. The number of rotatable bonds is 6. The first-order valence-corrected chi connectivity index (χ1v) is 8.54. The van der Waals surface area contributed by atoms with Crippen molar-refractivity contribution in [2.75, 3.05) is 31.2 Å². The van der Waals surface area contributed by atoms with Crippen LogP contribution in [0.5, 0.6) is 5.75 Å². The number of hydrogen-bond acceptors (Lipinski definition) is 5. The Morgan fingerprint density at radius 3 is 2.72 bits per heavy atom. The third-order valence-electron chi connectivity index (χ3n) is 4.27. The van der Waals surface area contributed by atoms with Crippen LogP contribution in [-0.2, 0) is 22.5 Å². The number of nitrogens with zero attached hydrogens (tertiary/aromatic N) is 2. The molecule has 2 heterocycles. The molecule has 0 spiro atoms. The number of aromatic nitrogens is 1. The van der Waals surface area contributed by atoms with E-state index in [0.29, 0.717) is 32.6 Å². The van der Waals surface area contributed by atoms with Gasteiger partial charge in [-0.3, -0.25) is 4.79 Å². The Bertz CT molecular complexity index is 715. The van der Waals surface area contributed by atoms with Crippen LogP contribution in [0.4, 0.5) is 5.82 Å². The number of hydrogen-bond donors (Lipinski definition) is 2. The fourth-order valence-electron chi connectivity index (χ4n) is 2.88. The van der Waals surface area contributed by atoms with E-state index in [1.807, 2.05) is 24.3 Å². The van der Waals surface area contributed by atoms with Gasteiger partial charge in [-0.25, -0.2) is 4.98 Å². The van der Waals surface area contributed by atoms with Crippen LogP contribution in [0.2, 0.25) is 0 Å². The highest BCUT2D eigenvalue weighted by molar-refractivity contribution is 5.76. The average molecular weight is 341 g/mol. The van der Waals surface area contributed by atoms with E-state index in [9.17, 15) is 9.90 Å². The largest absolute Gasteiger partial charge is 0.508 e. The number of para-hydroxylation sites is 1. The summed E-state index contributed by atoms with van der Waals surface area (Å²) in [5.41, 5.74) is 1.79. The number of morpholine rings is 1. The van der Waals surface area contributed by atoms with Gasteiger partial charge in [0.1, 0.15) is 11.6 Å². The monoisotopic (exact) mass is 341 g/mol. The van der Waals surface area contributed by atoms with Gasteiger partial charge < -0.3 is 20.1 Å². The van der Waals surface area contributed by atoms with Crippen LogP contribution in [0, 0.1) is 0 Å². The van der Waals surface area contributed by atoms with Crippen molar-refractivity contribution >= 4 is 11.7 Å². The van der Waals surface area contributed by atoms with E-state index in [1.54, 1.807) is 18.3 Å². The molecule has 1 saturated heterocycles. The number of anilines is 1. The van der Waals surface area contributed by atoms with Gasteiger partial charge in [0, 0.05) is 37.8 Å². The Balaban J connectivity index is 1.54. The van der Waals surface area contributed by atoms with Crippen LogP contribution in [-0.4, -0.2) is 42.3 Å². The van der Waals surface area contributed by atoms with Gasteiger partial charge in [-0.05, 0) is 24.1 Å². The highest BCUT2D eigenvalue weighted by atomic mass is 16.5. The van der Waals surface area contributed by atoms with E-state index >= 15 is 0 Å². The average Bonchev–Trinajstić information content (AvgIpc) is 2.66. The molecular formula is C19H23N3O3. The number of amides is 1. The molecule has 1 aromatic carbocycles. The number of aromatic hydroxyl groups is 1. The van der Waals surface area contributed by atoms with Crippen molar-refractivity contribution in [2.24, 2.45) is 0 Å². The summed E-state index contributed by atoms with van der Waals surface area (Å²) in [6.45, 7) is 3.46. The summed E-state index contributed by atoms with van der Waals surface area (Å²) in [4.78, 5) is 18.8. The van der Waals surface area contributed by atoms with Crippen LogP contribution >= 0.6 is 0 Å². The van der Waals surface area contributed by atoms with Crippen LogP contribution in [0.1, 0.15) is 17.5 Å². The summed E-state index contributed by atoms with van der Waals surface area (Å²) < 4.78 is 5.38. The second-order valence-electron chi connectivity index (χ2n) is 5.99. The summed E-state index contributed by atoms with van der Waals surface area (Å²) >= 11 is 0. The molecule has 0 aliphatic carbocycles. The molecule has 1 aromatic heterocycles. The van der Waals surface area contributed by atoms with E-state index in [0.717, 1.165) is 30.0 Å². The molecule has 0 bridgehead atoms. The number of phenols is 1. The zero-order chi connectivity index (χ0) is 17.5. The van der Waals surface area contributed by atoms with Crippen LogP contribution < -0.4 is 10.2 Å². The van der Waals surface area contributed by atoms with E-state index in [4.69, 9.17) is 4.74 Å². The lowest BCUT2D eigenvalue weighted by Crippen LogP contribution is -2.37. The molecule has 132 valence electrons. The van der Waals surface area contributed by atoms with Gasteiger partial charge >= 0.3 is 0 Å². The molecule has 1 aliphatic rings. The quantitative estimate of drug-likeness (QED) is 0.839. The minimum atomic E-state index is -0.0416. The zero-order valence-corrected chi connectivity index (χ0v) is 14.1. The van der Waals surface area contributed by atoms with Gasteiger partial charge in [0.15, 0.2) is 0 Å². The van der Waals surface area contributed by atoms with Gasteiger partial charge in [0.25, 0.3) is 0 Å². The van der Waals surface area contributed by atoms with Crippen molar-refractivity contribution in [2.45, 2.75) is 19.4 Å². The lowest BCUT2D eigenvalue weighted by molar-refractivity contribution is -0.121. The van der Waals surface area contributed by atoms with Crippen molar-refractivity contribution < 1.29 is 14.6 Å². The zero-order valence-electron chi connectivity index (χ0n) is 14.1. The minimum absolute atomic E-state index is 0.0416. The maximum Gasteiger partial charge on any atom is 0.220 e. The minimum Gasteiger partial charge on any atom is -0.508 e. The fraction of sp³-hybridized carbons (Fsp3) is 0.368. The van der Waals surface area contributed by atoms with E-state index in [2.05, 4.69) is 15.2 Å². The van der Waals surface area contributed by atoms with Crippen molar-refractivity contribution in [3.63, 3.8) is 0 Å². The lowest BCUT2D eigenvalue weighted by atomic mass is 10.1. The summed E-state index contributed by atoms with van der Waals surface area (Å²) in [7, 11) is 0. The van der Waals surface area contributed by atoms with Crippen molar-refractivity contribution in [3.05, 3.63) is 53.7 Å². The number of benzene rings is 1. The maximum atomic E-state index is 12.1. The Labute approximate surface area is 147 Å². The molecule has 6 nitrogen and oxygen atoms in total. The number of ether oxygens (including phenoxy) is 1. The molecule has 0 radical (unpaired) electrons. The summed E-state index contributed by atoms with van der Waals surface area (Å²) in [5, 5.41) is 12.7. The third kappa shape index (κ3) is 4.70. The van der Waals surface area contributed by atoms with Gasteiger partial charge in [-0.15, -0.1) is 0 Å². The molecular weight excluding hydrogens is 318 g/mol. The first-order valence-electron chi connectivity index (χ1n) is 8.54. The van der Waals surface area contributed by atoms with Crippen LogP contribution in [0.15, 0.2) is 42.6 Å². The summed E-state index contributed by atoms with van der Waals surface area (Å²) in [5.74, 6) is 1.10. The second-order valence-corrected chi connectivity index (χ2v) is 5.99. The molecule has 1 aliphatic heterocycles. The van der Waals surface area contributed by atoms with Gasteiger partial charge in [0.2, 0.25) is 5.91 Å². The van der Waals surface area contributed by atoms with Gasteiger partial charge in [0.05, 0.1) is 13.2 Å². The Kier molecular flexibility index (Phi) is 5.85. The molecule has 0 unspecified atom stereocenters. The van der Waals surface area contributed by atoms with Crippen LogP contribution in [0.25, 0.3) is 0 Å². The Hall–Kier alpha value is -2.60. The Morgan fingerprint density at radius 1 is 1.16 bits per heavy atom. The number of phenolic OH excluding ortho intramolecular Hbond substituents is 1. The number of aryl methyl sites for hydroxylation is 1. The van der Waals surface area contributed by atoms with Crippen molar-refractivity contribution in [1.82, 2.24) is 10.3 Å². The van der Waals surface area contributed by atoms with Crippen molar-refractivity contribution in [3.8, 4) is 5.75 Å². The molecule has 3 rings (SSSR count). The van der Waals surface area contributed by atoms with Gasteiger partial charge in [-0.1, -0.05) is 24.3 Å². The van der Waals surface area contributed by atoms with E-state index in [1.165, 1.54) is 0 Å². The molecule has 25 heavy (non-hydrogen) atoms. The number of carbonyl (C=O) groups is 1. The first-order chi connectivity index (χ1) is 12.2. The number of pyridine rings is 1. The molecule has 1 fully saturated rings. The molecule has 2 aromatic rings. The predicted molar refractivity (Wildman–Crippen MR) is 95.5 cm³/mol. The lowest BCUT2D eigenvalue weighted by Gasteiger charge is -2.29. The van der Waals surface area contributed by atoms with E-state index in [-0.39, 0.29) is 11.7 Å². The Morgan fingerprint density at radius 2 is 1.92 bits per heavy atom. The highest BCUT2D eigenvalue weighted by Crippen LogP contribution is 2.19. The predicted octanol–water partition coefficient (Wildman–Crippen LogP) is 1.87. The fourth-order valence-corrected chi connectivity index (χ4v) is 2.88. The van der Waals surface area contributed by atoms with Crippen molar-refractivity contribution in [1.29, 1.82) is 0 Å². The smallest absolute Gasteiger partial charge is 0.220 e. The molecule has 2 N–H and O–H groups in total. The topological polar surface area (TPSA) is 74.7 Å². The maximum absolute atomic E-state index is 12.1. The number of nitrogens with one attached hydrogen (secondary N) is 1. The van der Waals surface area contributed by atoms with Crippen LogP contribution in [0.3, 0.4) is 0 Å². The summed E-state index contributed by atoms with van der Waals surface area (Å²) in [6, 6.07) is 11.0. The highest BCUT2D eigenvalue weighted by Gasteiger charge is 2.16. The van der Waals surface area contributed by atoms with Gasteiger partial charge in [-0.2, -0.15) is 0 Å². The summed E-state index contributed by atoms with van der Waals surface area (Å²) in [6.07, 6.45) is 2.63. The molecule has 6 heteroatoms. The number of carbonyl (C=O) groups excluding carboxylic acids is 1. The second kappa shape index (κ2) is 8.48. The first kappa shape index (κ1) is 17.2. The van der Waals surface area contributed by atoms with E-state index < -0.39 is 0 Å². The molecule has 1 amide bonds.